The predicted octanol–water partition coefficient (Wildman–Crippen LogP) is 6.45. The normalized spacial score (nSPS) is 16.0. The van der Waals surface area contributed by atoms with Crippen LogP contribution in [0.15, 0.2) is 42.5 Å². The highest BCUT2D eigenvalue weighted by molar-refractivity contribution is 5.91. The molecule has 2 aliphatic rings. The van der Waals surface area contributed by atoms with Gasteiger partial charge in [0.1, 0.15) is 6.54 Å². The summed E-state index contributed by atoms with van der Waals surface area (Å²) >= 11 is 0. The molecule has 1 aromatic heterocycles. The second-order valence-corrected chi connectivity index (χ2v) is 9.58. The van der Waals surface area contributed by atoms with Gasteiger partial charge in [-0.15, -0.1) is 0 Å². The van der Waals surface area contributed by atoms with Gasteiger partial charge >= 0.3 is 0 Å². The molecule has 3 heterocycles. The topological polar surface area (TPSA) is 10.4 Å². The van der Waals surface area contributed by atoms with Gasteiger partial charge < -0.3 is 9.80 Å². The van der Waals surface area contributed by atoms with Crippen LogP contribution < -0.4 is 14.4 Å². The zero-order chi connectivity index (χ0) is 21.0. The van der Waals surface area contributed by atoms with Gasteiger partial charge in [0.05, 0.1) is 0 Å². The molecule has 0 saturated carbocycles. The van der Waals surface area contributed by atoms with Crippen LogP contribution in [0.3, 0.4) is 0 Å². The minimum Gasteiger partial charge on any atom is -0.371 e. The first-order valence-electron chi connectivity index (χ1n) is 12.7. The summed E-state index contributed by atoms with van der Waals surface area (Å²) in [6.45, 7) is 8.23. The molecule has 0 bridgehead atoms. The Morgan fingerprint density at radius 2 is 1.16 bits per heavy atom. The van der Waals surface area contributed by atoms with E-state index in [-0.39, 0.29) is 0 Å². The third kappa shape index (κ3) is 4.37. The number of benzene rings is 2. The number of hydrogen-bond donors (Lipinski definition) is 0. The summed E-state index contributed by atoms with van der Waals surface area (Å²) in [7, 11) is 0. The molecule has 0 amide bonds. The van der Waals surface area contributed by atoms with Crippen molar-refractivity contribution in [3.8, 4) is 0 Å². The Morgan fingerprint density at radius 3 is 1.65 bits per heavy atom. The molecule has 0 aliphatic carbocycles. The minimum atomic E-state index is 1.12. The first kappa shape index (κ1) is 20.6. The molecule has 3 nitrogen and oxygen atoms in total. The van der Waals surface area contributed by atoms with Crippen molar-refractivity contribution in [3.63, 3.8) is 0 Å². The van der Waals surface area contributed by atoms with Crippen molar-refractivity contribution in [1.29, 1.82) is 0 Å². The second kappa shape index (κ2) is 9.46. The van der Waals surface area contributed by atoms with Crippen molar-refractivity contribution in [1.82, 2.24) is 0 Å². The van der Waals surface area contributed by atoms with E-state index in [2.05, 4.69) is 63.8 Å². The SMILES string of the molecule is CCCCCCCCC[n+]1c2cc(N3CCC3)ccc2cc2ccc(N3CCC3)cc21. The molecular formula is C28H38N3+. The second-order valence-electron chi connectivity index (χ2n) is 9.58. The van der Waals surface area contributed by atoms with E-state index in [1.54, 1.807) is 0 Å². The summed E-state index contributed by atoms with van der Waals surface area (Å²) in [5.41, 5.74) is 5.60. The molecule has 3 aromatic rings. The van der Waals surface area contributed by atoms with E-state index in [9.17, 15) is 0 Å². The van der Waals surface area contributed by atoms with E-state index >= 15 is 0 Å². The summed E-state index contributed by atoms with van der Waals surface area (Å²) in [6.07, 6.45) is 12.2. The standard InChI is InChI=1S/C28H38N3/c1-2-3-4-5-6-7-8-19-31-27-21-25(29-15-9-16-29)13-11-23(27)20-24-12-14-26(22-28(24)31)30-17-10-18-30/h11-14,20-22H,2-10,15-19H2,1H3/q+1. The lowest BCUT2D eigenvalue weighted by atomic mass is 10.1. The number of aryl methyl sites for hydroxylation is 1. The number of nitrogens with zero attached hydrogens (tertiary/aromatic N) is 3. The van der Waals surface area contributed by atoms with Gasteiger partial charge in [-0.1, -0.05) is 39.0 Å². The lowest BCUT2D eigenvalue weighted by Gasteiger charge is -2.33. The molecule has 3 heteroatoms. The van der Waals surface area contributed by atoms with Crippen LogP contribution in [-0.2, 0) is 6.54 Å². The molecule has 0 radical (unpaired) electrons. The molecule has 0 N–H and O–H groups in total. The monoisotopic (exact) mass is 416 g/mol. The first-order valence-corrected chi connectivity index (χ1v) is 12.7. The van der Waals surface area contributed by atoms with Crippen LogP contribution in [0.5, 0.6) is 0 Å². The average molecular weight is 417 g/mol. The number of fused-ring (bicyclic) bond motifs is 2. The molecule has 164 valence electrons. The zero-order valence-corrected chi connectivity index (χ0v) is 19.3. The maximum atomic E-state index is 2.63. The van der Waals surface area contributed by atoms with Gasteiger partial charge in [0.25, 0.3) is 0 Å². The quantitative estimate of drug-likeness (QED) is 0.213. The maximum Gasteiger partial charge on any atom is 0.215 e. The molecule has 0 unspecified atom stereocenters. The van der Waals surface area contributed by atoms with Crippen LogP contribution in [0, 0.1) is 0 Å². The Balaban J connectivity index is 1.46. The van der Waals surface area contributed by atoms with E-state index in [1.807, 2.05) is 0 Å². The molecular weight excluding hydrogens is 378 g/mol. The molecule has 5 rings (SSSR count). The van der Waals surface area contributed by atoms with Crippen molar-refractivity contribution in [2.24, 2.45) is 0 Å². The van der Waals surface area contributed by atoms with Gasteiger partial charge in [0, 0.05) is 66.9 Å². The third-order valence-corrected chi connectivity index (χ3v) is 7.35. The highest BCUT2D eigenvalue weighted by Gasteiger charge is 2.22. The Morgan fingerprint density at radius 1 is 0.645 bits per heavy atom. The summed E-state index contributed by atoms with van der Waals surface area (Å²) in [4.78, 5) is 5.02. The fraction of sp³-hybridized carbons (Fsp3) is 0.536. The van der Waals surface area contributed by atoms with Gasteiger partial charge in [0.15, 0.2) is 0 Å². The fourth-order valence-electron chi connectivity index (χ4n) is 5.08. The predicted molar refractivity (Wildman–Crippen MR) is 133 cm³/mol. The number of unbranched alkanes of at least 4 members (excludes halogenated alkanes) is 6. The van der Waals surface area contributed by atoms with Crippen LogP contribution in [0.1, 0.15) is 64.7 Å². The van der Waals surface area contributed by atoms with Crippen molar-refractivity contribution in [2.45, 2.75) is 71.3 Å². The maximum absolute atomic E-state index is 2.63. The van der Waals surface area contributed by atoms with Crippen LogP contribution in [0.25, 0.3) is 21.8 Å². The van der Waals surface area contributed by atoms with Gasteiger partial charge in [-0.2, -0.15) is 4.57 Å². The molecule has 2 aromatic carbocycles. The summed E-state index contributed by atoms with van der Waals surface area (Å²) < 4.78 is 2.63. The third-order valence-electron chi connectivity index (χ3n) is 7.35. The number of anilines is 2. The fourth-order valence-corrected chi connectivity index (χ4v) is 5.08. The molecule has 2 aliphatic heterocycles. The molecule has 0 atom stereocenters. The highest BCUT2D eigenvalue weighted by atomic mass is 15.2. The van der Waals surface area contributed by atoms with E-state index in [1.165, 1.54) is 117 Å². The summed E-state index contributed by atoms with van der Waals surface area (Å²) in [5, 5.41) is 2.74. The number of aromatic nitrogens is 1. The lowest BCUT2D eigenvalue weighted by molar-refractivity contribution is -0.645. The van der Waals surface area contributed by atoms with Crippen molar-refractivity contribution >= 4 is 33.2 Å². The lowest BCUT2D eigenvalue weighted by Crippen LogP contribution is -2.39. The number of hydrogen-bond acceptors (Lipinski definition) is 2. The number of pyridine rings is 1. The molecule has 2 saturated heterocycles. The zero-order valence-electron chi connectivity index (χ0n) is 19.3. The minimum absolute atomic E-state index is 1.12. The summed E-state index contributed by atoms with van der Waals surface area (Å²) in [6, 6.07) is 16.6. The van der Waals surface area contributed by atoms with Crippen LogP contribution in [0.4, 0.5) is 11.4 Å². The van der Waals surface area contributed by atoms with Crippen LogP contribution in [-0.4, -0.2) is 26.2 Å². The van der Waals surface area contributed by atoms with Gasteiger partial charge in [-0.3, -0.25) is 0 Å². The van der Waals surface area contributed by atoms with Crippen molar-refractivity contribution in [2.75, 3.05) is 36.0 Å². The van der Waals surface area contributed by atoms with Gasteiger partial charge in [-0.05, 0) is 49.6 Å². The van der Waals surface area contributed by atoms with Gasteiger partial charge in [-0.25, -0.2) is 0 Å². The summed E-state index contributed by atoms with van der Waals surface area (Å²) in [5.74, 6) is 0. The molecule has 31 heavy (non-hydrogen) atoms. The van der Waals surface area contributed by atoms with E-state index in [0.717, 1.165) is 6.54 Å². The first-order chi connectivity index (χ1) is 15.3. The van der Waals surface area contributed by atoms with Crippen molar-refractivity contribution < 1.29 is 4.57 Å². The van der Waals surface area contributed by atoms with E-state index in [0.29, 0.717) is 0 Å². The largest absolute Gasteiger partial charge is 0.371 e. The molecule has 2 fully saturated rings. The average Bonchev–Trinajstić information content (AvgIpc) is 2.70. The van der Waals surface area contributed by atoms with E-state index in [4.69, 9.17) is 0 Å². The Bertz CT molecular complexity index is 961. The Kier molecular flexibility index (Phi) is 6.29. The molecule has 0 spiro atoms. The van der Waals surface area contributed by atoms with Crippen LogP contribution >= 0.6 is 0 Å². The Labute approximate surface area is 187 Å². The highest BCUT2D eigenvalue weighted by Crippen LogP contribution is 2.29. The smallest absolute Gasteiger partial charge is 0.215 e. The van der Waals surface area contributed by atoms with Gasteiger partial charge in [0.2, 0.25) is 11.0 Å². The van der Waals surface area contributed by atoms with E-state index < -0.39 is 0 Å². The van der Waals surface area contributed by atoms with Crippen molar-refractivity contribution in [3.05, 3.63) is 42.5 Å². The van der Waals surface area contributed by atoms with Crippen LogP contribution in [0.2, 0.25) is 0 Å². The Hall–Kier alpha value is -2.29. The number of rotatable bonds is 10.